The molecule has 1 unspecified atom stereocenters. The highest BCUT2D eigenvalue weighted by Crippen LogP contribution is 2.24. The van der Waals surface area contributed by atoms with E-state index in [2.05, 4.69) is 20.5 Å². The summed E-state index contributed by atoms with van der Waals surface area (Å²) in [7, 11) is 0. The fourth-order valence-electron chi connectivity index (χ4n) is 2.76. The van der Waals surface area contributed by atoms with Crippen molar-refractivity contribution >= 4 is 28.6 Å². The molecule has 0 aliphatic carbocycles. The highest BCUT2D eigenvalue weighted by Gasteiger charge is 2.23. The third kappa shape index (κ3) is 3.20. The number of halogens is 1. The van der Waals surface area contributed by atoms with Crippen molar-refractivity contribution in [3.05, 3.63) is 51.8 Å². The molecule has 130 valence electrons. The highest BCUT2D eigenvalue weighted by molar-refractivity contribution is 6.35. The molecule has 1 atom stereocenters. The lowest BCUT2D eigenvalue weighted by atomic mass is 10.1. The van der Waals surface area contributed by atoms with Crippen LogP contribution in [0, 0.1) is 0 Å². The Bertz CT molecular complexity index is 968. The topological polar surface area (TPSA) is 113 Å². The molecule has 0 aliphatic heterocycles. The summed E-state index contributed by atoms with van der Waals surface area (Å²) in [4.78, 5) is 28.8. The highest BCUT2D eigenvalue weighted by atomic mass is 35.5. The number of carboxylic acid groups (broad SMARTS) is 1. The number of aromatic amines is 1. The summed E-state index contributed by atoms with van der Waals surface area (Å²) in [6.07, 6.45) is 3.03. The maximum absolute atomic E-state index is 13.1. The van der Waals surface area contributed by atoms with E-state index in [4.69, 9.17) is 16.7 Å². The number of amides is 1. The second kappa shape index (κ2) is 6.94. The second-order valence-electron chi connectivity index (χ2n) is 5.49. The van der Waals surface area contributed by atoms with Gasteiger partial charge < -0.3 is 10.4 Å². The Morgan fingerprint density at radius 3 is 2.92 bits per heavy atom. The van der Waals surface area contributed by atoms with Gasteiger partial charge in [0.1, 0.15) is 5.82 Å². The van der Waals surface area contributed by atoms with E-state index in [1.54, 1.807) is 24.4 Å². The molecule has 0 fully saturated rings. The normalized spacial score (nSPS) is 12.2. The first-order chi connectivity index (χ1) is 12.0. The average Bonchev–Trinajstić information content (AvgIpc) is 3.07. The van der Waals surface area contributed by atoms with Gasteiger partial charge in [0, 0.05) is 6.20 Å². The summed E-state index contributed by atoms with van der Waals surface area (Å²) in [5.74, 6) is 0.297. The molecule has 0 bridgehead atoms. The maximum Gasteiger partial charge on any atom is 0.405 e. The SMILES string of the molecule is CCCC(NC(=O)O)c1nc2cccc(Cl)c2c(=O)n1-c1cn[nH]c1. The molecular formula is C16H16ClN5O3. The van der Waals surface area contributed by atoms with E-state index >= 15 is 0 Å². The van der Waals surface area contributed by atoms with Gasteiger partial charge in [-0.2, -0.15) is 5.10 Å². The van der Waals surface area contributed by atoms with Crippen LogP contribution in [0.25, 0.3) is 16.6 Å². The lowest BCUT2D eigenvalue weighted by Gasteiger charge is -2.20. The zero-order valence-corrected chi connectivity index (χ0v) is 14.1. The molecule has 0 saturated carbocycles. The number of nitrogens with zero attached hydrogens (tertiary/aromatic N) is 3. The number of benzene rings is 1. The van der Waals surface area contributed by atoms with Crippen LogP contribution in [0.3, 0.4) is 0 Å². The molecule has 2 aromatic heterocycles. The van der Waals surface area contributed by atoms with Crippen molar-refractivity contribution in [2.75, 3.05) is 0 Å². The zero-order valence-electron chi connectivity index (χ0n) is 13.4. The molecule has 25 heavy (non-hydrogen) atoms. The summed E-state index contributed by atoms with van der Waals surface area (Å²) in [5, 5.41) is 18.7. The van der Waals surface area contributed by atoms with Crippen LogP contribution < -0.4 is 10.9 Å². The monoisotopic (exact) mass is 361 g/mol. The van der Waals surface area contributed by atoms with E-state index in [-0.39, 0.29) is 16.0 Å². The first kappa shape index (κ1) is 17.0. The number of carbonyl (C=O) groups is 1. The molecule has 1 amide bonds. The molecule has 8 nitrogen and oxygen atoms in total. The Morgan fingerprint density at radius 2 is 2.28 bits per heavy atom. The summed E-state index contributed by atoms with van der Waals surface area (Å²) < 4.78 is 1.34. The molecule has 0 saturated heterocycles. The van der Waals surface area contributed by atoms with Gasteiger partial charge in [0.2, 0.25) is 0 Å². The molecule has 3 aromatic rings. The summed E-state index contributed by atoms with van der Waals surface area (Å²) in [6, 6.07) is 4.34. The third-order valence-electron chi connectivity index (χ3n) is 3.80. The fraction of sp³-hybridized carbons (Fsp3) is 0.250. The molecular weight excluding hydrogens is 346 g/mol. The lowest BCUT2D eigenvalue weighted by Crippen LogP contribution is -2.33. The van der Waals surface area contributed by atoms with Crippen molar-refractivity contribution in [2.45, 2.75) is 25.8 Å². The maximum atomic E-state index is 13.1. The van der Waals surface area contributed by atoms with E-state index in [1.807, 2.05) is 6.92 Å². The number of hydrogen-bond acceptors (Lipinski definition) is 4. The second-order valence-corrected chi connectivity index (χ2v) is 5.90. The largest absolute Gasteiger partial charge is 0.465 e. The molecule has 1 aromatic carbocycles. The van der Waals surface area contributed by atoms with Crippen LogP contribution in [0.1, 0.15) is 31.6 Å². The van der Waals surface area contributed by atoms with Gasteiger partial charge in [-0.1, -0.05) is 31.0 Å². The van der Waals surface area contributed by atoms with Crippen LogP contribution in [0.5, 0.6) is 0 Å². The molecule has 3 N–H and O–H groups in total. The van der Waals surface area contributed by atoms with E-state index < -0.39 is 12.1 Å². The minimum atomic E-state index is -1.18. The van der Waals surface area contributed by atoms with Crippen molar-refractivity contribution < 1.29 is 9.90 Å². The van der Waals surface area contributed by atoms with Crippen LogP contribution in [0.2, 0.25) is 5.02 Å². The molecule has 0 spiro atoms. The van der Waals surface area contributed by atoms with Gasteiger partial charge in [0.25, 0.3) is 5.56 Å². The van der Waals surface area contributed by atoms with Crippen molar-refractivity contribution in [1.82, 2.24) is 25.1 Å². The number of aromatic nitrogens is 4. The predicted molar refractivity (Wildman–Crippen MR) is 93.3 cm³/mol. The minimum absolute atomic E-state index is 0.277. The first-order valence-corrected chi connectivity index (χ1v) is 8.10. The number of fused-ring (bicyclic) bond motifs is 1. The van der Waals surface area contributed by atoms with Crippen LogP contribution >= 0.6 is 11.6 Å². The molecule has 2 heterocycles. The number of hydrogen-bond donors (Lipinski definition) is 3. The zero-order chi connectivity index (χ0) is 18.0. The van der Waals surface area contributed by atoms with Crippen molar-refractivity contribution in [3.8, 4) is 5.69 Å². The van der Waals surface area contributed by atoms with Crippen LogP contribution in [0.4, 0.5) is 4.79 Å². The Hall–Kier alpha value is -2.87. The number of H-pyrrole nitrogens is 1. The van der Waals surface area contributed by atoms with Gasteiger partial charge in [0.15, 0.2) is 0 Å². The Morgan fingerprint density at radius 1 is 1.48 bits per heavy atom. The smallest absolute Gasteiger partial charge is 0.405 e. The Labute approximate surface area is 147 Å². The third-order valence-corrected chi connectivity index (χ3v) is 4.12. The first-order valence-electron chi connectivity index (χ1n) is 7.72. The van der Waals surface area contributed by atoms with Gasteiger partial charge in [-0.3, -0.25) is 14.5 Å². The van der Waals surface area contributed by atoms with E-state index in [1.165, 1.54) is 10.8 Å². The van der Waals surface area contributed by atoms with E-state index in [9.17, 15) is 9.59 Å². The molecule has 9 heteroatoms. The predicted octanol–water partition coefficient (Wildman–Crippen LogP) is 2.87. The molecule has 3 rings (SSSR count). The Balaban J connectivity index is 2.34. The average molecular weight is 362 g/mol. The number of nitrogens with one attached hydrogen (secondary N) is 2. The van der Waals surface area contributed by atoms with Crippen molar-refractivity contribution in [3.63, 3.8) is 0 Å². The molecule has 0 radical (unpaired) electrons. The van der Waals surface area contributed by atoms with Gasteiger partial charge in [0.05, 0.1) is 33.9 Å². The fourth-order valence-corrected chi connectivity index (χ4v) is 3.01. The van der Waals surface area contributed by atoms with Gasteiger partial charge >= 0.3 is 6.09 Å². The van der Waals surface area contributed by atoms with Crippen LogP contribution in [-0.4, -0.2) is 30.9 Å². The standard InChI is InChI=1S/C16H16ClN5O3/c1-2-4-12(21-16(24)25)14-20-11-6-3-5-10(17)13(11)15(23)22(14)9-7-18-19-8-9/h3,5-8,12,21H,2,4H2,1H3,(H,18,19)(H,24,25). The van der Waals surface area contributed by atoms with Crippen molar-refractivity contribution in [2.24, 2.45) is 0 Å². The minimum Gasteiger partial charge on any atom is -0.465 e. The summed E-state index contributed by atoms with van der Waals surface area (Å²) in [5.41, 5.74) is 0.503. The molecule has 0 aliphatic rings. The van der Waals surface area contributed by atoms with Crippen molar-refractivity contribution in [1.29, 1.82) is 0 Å². The van der Waals surface area contributed by atoms with Gasteiger partial charge in [-0.25, -0.2) is 9.78 Å². The van der Waals surface area contributed by atoms with Crippen LogP contribution in [0.15, 0.2) is 35.4 Å². The summed E-state index contributed by atoms with van der Waals surface area (Å²) >= 11 is 6.19. The Kier molecular flexibility index (Phi) is 4.71. The van der Waals surface area contributed by atoms with Crippen LogP contribution in [-0.2, 0) is 0 Å². The lowest BCUT2D eigenvalue weighted by molar-refractivity contribution is 0.188. The van der Waals surface area contributed by atoms with Gasteiger partial charge in [-0.15, -0.1) is 0 Å². The number of rotatable bonds is 5. The quantitative estimate of drug-likeness (QED) is 0.646. The van der Waals surface area contributed by atoms with E-state index in [0.717, 1.165) is 0 Å². The summed E-state index contributed by atoms with van der Waals surface area (Å²) in [6.45, 7) is 1.93. The van der Waals surface area contributed by atoms with E-state index in [0.29, 0.717) is 29.9 Å². The van der Waals surface area contributed by atoms with Gasteiger partial charge in [-0.05, 0) is 18.6 Å².